The summed E-state index contributed by atoms with van der Waals surface area (Å²) in [5.74, 6) is 0. The molecule has 2 aliphatic heterocycles. The summed E-state index contributed by atoms with van der Waals surface area (Å²) in [7, 11) is 0. The molecule has 2 heterocycles. The van der Waals surface area contributed by atoms with E-state index in [-0.39, 0.29) is 12.4 Å². The molecule has 0 aromatic heterocycles. The molecule has 2 nitrogen and oxygen atoms in total. The summed E-state index contributed by atoms with van der Waals surface area (Å²) in [4.78, 5) is 2.53. The number of rotatable bonds is 2. The van der Waals surface area contributed by atoms with Crippen molar-refractivity contribution in [3.05, 3.63) is 33.3 Å². The van der Waals surface area contributed by atoms with Gasteiger partial charge in [0.2, 0.25) is 0 Å². The Hall–Kier alpha value is 0.200. The average Bonchev–Trinajstić information content (AvgIpc) is 2.67. The molecule has 19 heavy (non-hydrogen) atoms. The molecule has 1 aromatic carbocycles. The molecule has 2 unspecified atom stereocenters. The summed E-state index contributed by atoms with van der Waals surface area (Å²) in [6.45, 7) is 3.29. The van der Waals surface area contributed by atoms with E-state index in [0.717, 1.165) is 28.6 Å². The van der Waals surface area contributed by atoms with Gasteiger partial charge in [0.05, 0.1) is 0 Å². The molecule has 1 aromatic rings. The lowest BCUT2D eigenvalue weighted by molar-refractivity contribution is 0.251. The van der Waals surface area contributed by atoms with Crippen LogP contribution in [-0.2, 0) is 6.54 Å². The first-order valence-corrected chi connectivity index (χ1v) is 7.80. The van der Waals surface area contributed by atoms with Gasteiger partial charge in [-0.2, -0.15) is 0 Å². The molecule has 5 heteroatoms. The zero-order chi connectivity index (χ0) is 12.5. The number of nitrogens with one attached hydrogen (secondary N) is 1. The summed E-state index contributed by atoms with van der Waals surface area (Å²) in [6, 6.07) is 7.54. The zero-order valence-electron chi connectivity index (χ0n) is 10.7. The molecule has 0 amide bonds. The Kier molecular flexibility index (Phi) is 5.55. The number of nitrogens with zero attached hydrogens (tertiary/aromatic N) is 1. The highest BCUT2D eigenvalue weighted by molar-refractivity contribution is 9.10. The van der Waals surface area contributed by atoms with Crippen LogP contribution in [0.5, 0.6) is 0 Å². The fourth-order valence-electron chi connectivity index (χ4n) is 3.06. The number of fused-ring (bicyclic) bond motifs is 2. The summed E-state index contributed by atoms with van der Waals surface area (Å²) >= 11 is 9.79. The van der Waals surface area contributed by atoms with Crippen molar-refractivity contribution in [1.29, 1.82) is 0 Å². The Bertz CT molecular complexity index is 441. The second kappa shape index (κ2) is 6.77. The van der Waals surface area contributed by atoms with Crippen LogP contribution in [0.1, 0.15) is 24.8 Å². The lowest BCUT2D eigenvalue weighted by atomic mass is 10.1. The van der Waals surface area contributed by atoms with Crippen LogP contribution in [-0.4, -0.2) is 30.1 Å². The van der Waals surface area contributed by atoms with E-state index in [0.29, 0.717) is 6.04 Å². The van der Waals surface area contributed by atoms with Crippen molar-refractivity contribution in [2.75, 3.05) is 13.1 Å². The first-order chi connectivity index (χ1) is 8.70. The molecule has 0 spiro atoms. The van der Waals surface area contributed by atoms with Gasteiger partial charge < -0.3 is 5.32 Å². The Morgan fingerprint density at radius 3 is 2.89 bits per heavy atom. The van der Waals surface area contributed by atoms with Crippen molar-refractivity contribution in [3.8, 4) is 0 Å². The predicted molar refractivity (Wildman–Crippen MR) is 86.2 cm³/mol. The van der Waals surface area contributed by atoms with Gasteiger partial charge in [0, 0.05) is 41.2 Å². The van der Waals surface area contributed by atoms with E-state index in [9.17, 15) is 0 Å². The van der Waals surface area contributed by atoms with Gasteiger partial charge in [0.1, 0.15) is 0 Å². The molecule has 0 radical (unpaired) electrons. The maximum atomic E-state index is 6.27. The Morgan fingerprint density at radius 2 is 2.05 bits per heavy atom. The highest BCUT2D eigenvalue weighted by Gasteiger charge is 2.29. The minimum absolute atomic E-state index is 0. The molecular formula is C14H19BrCl2N2. The van der Waals surface area contributed by atoms with E-state index in [1.54, 1.807) is 0 Å². The van der Waals surface area contributed by atoms with E-state index in [4.69, 9.17) is 11.6 Å². The van der Waals surface area contributed by atoms with Crippen LogP contribution < -0.4 is 5.32 Å². The van der Waals surface area contributed by atoms with Crippen molar-refractivity contribution >= 4 is 39.9 Å². The standard InChI is InChI=1S/C14H18BrClN2.ClH/c15-11-1-4-14(16)10(7-11)8-18-6-5-12-2-3-13(9-18)17-12;/h1,4,7,12-13,17H,2-3,5-6,8-9H2;1H. The lowest BCUT2D eigenvalue weighted by Crippen LogP contribution is -2.35. The number of hydrogen-bond acceptors (Lipinski definition) is 2. The first kappa shape index (κ1) is 15.6. The number of benzene rings is 1. The van der Waals surface area contributed by atoms with Crippen molar-refractivity contribution in [3.63, 3.8) is 0 Å². The van der Waals surface area contributed by atoms with E-state index < -0.39 is 0 Å². The fraction of sp³-hybridized carbons (Fsp3) is 0.571. The molecule has 2 aliphatic rings. The van der Waals surface area contributed by atoms with Crippen LogP contribution in [0.4, 0.5) is 0 Å². The second-order valence-electron chi connectivity index (χ2n) is 5.40. The average molecular weight is 366 g/mol. The van der Waals surface area contributed by atoms with Crippen molar-refractivity contribution in [2.24, 2.45) is 0 Å². The van der Waals surface area contributed by atoms with E-state index in [1.165, 1.54) is 31.4 Å². The van der Waals surface area contributed by atoms with Gasteiger partial charge in [-0.05, 0) is 43.0 Å². The Labute approximate surface area is 134 Å². The highest BCUT2D eigenvalue weighted by Crippen LogP contribution is 2.25. The van der Waals surface area contributed by atoms with E-state index in [1.807, 2.05) is 12.1 Å². The quantitative estimate of drug-likeness (QED) is 0.856. The topological polar surface area (TPSA) is 15.3 Å². The van der Waals surface area contributed by atoms with Gasteiger partial charge in [0.25, 0.3) is 0 Å². The third kappa shape index (κ3) is 3.85. The Morgan fingerprint density at radius 1 is 1.26 bits per heavy atom. The lowest BCUT2D eigenvalue weighted by Gasteiger charge is -2.24. The van der Waals surface area contributed by atoms with Crippen LogP contribution >= 0.6 is 39.9 Å². The van der Waals surface area contributed by atoms with Gasteiger partial charge >= 0.3 is 0 Å². The van der Waals surface area contributed by atoms with Gasteiger partial charge in [-0.15, -0.1) is 12.4 Å². The van der Waals surface area contributed by atoms with Crippen LogP contribution in [0.25, 0.3) is 0 Å². The molecule has 1 N–H and O–H groups in total. The van der Waals surface area contributed by atoms with E-state index >= 15 is 0 Å². The van der Waals surface area contributed by atoms with Gasteiger partial charge in [-0.1, -0.05) is 27.5 Å². The van der Waals surface area contributed by atoms with Crippen LogP contribution in [0, 0.1) is 0 Å². The summed E-state index contributed by atoms with van der Waals surface area (Å²) in [5, 5.41) is 4.59. The predicted octanol–water partition coefficient (Wildman–Crippen LogP) is 3.85. The van der Waals surface area contributed by atoms with E-state index in [2.05, 4.69) is 32.2 Å². The summed E-state index contributed by atoms with van der Waals surface area (Å²) in [6.07, 6.45) is 3.95. The molecule has 106 valence electrons. The largest absolute Gasteiger partial charge is 0.310 e. The summed E-state index contributed by atoms with van der Waals surface area (Å²) in [5.41, 5.74) is 1.23. The summed E-state index contributed by atoms with van der Waals surface area (Å²) < 4.78 is 1.11. The number of hydrogen-bond donors (Lipinski definition) is 1. The van der Waals surface area contributed by atoms with Crippen LogP contribution in [0.3, 0.4) is 0 Å². The maximum Gasteiger partial charge on any atom is 0.0451 e. The molecule has 0 aliphatic carbocycles. The molecule has 0 saturated carbocycles. The van der Waals surface area contributed by atoms with Crippen LogP contribution in [0.2, 0.25) is 5.02 Å². The van der Waals surface area contributed by atoms with Crippen molar-refractivity contribution in [2.45, 2.75) is 37.9 Å². The van der Waals surface area contributed by atoms with Gasteiger partial charge in [0.15, 0.2) is 0 Å². The molecule has 2 fully saturated rings. The number of likely N-dealkylation sites (tertiary alicyclic amines) is 1. The molecule has 3 rings (SSSR count). The fourth-order valence-corrected chi connectivity index (χ4v) is 3.65. The first-order valence-electron chi connectivity index (χ1n) is 6.63. The maximum absolute atomic E-state index is 6.27. The van der Waals surface area contributed by atoms with Gasteiger partial charge in [-0.25, -0.2) is 0 Å². The van der Waals surface area contributed by atoms with Crippen molar-refractivity contribution < 1.29 is 0 Å². The van der Waals surface area contributed by atoms with Crippen LogP contribution in [0.15, 0.2) is 22.7 Å². The smallest absolute Gasteiger partial charge is 0.0451 e. The monoisotopic (exact) mass is 364 g/mol. The van der Waals surface area contributed by atoms with Crippen molar-refractivity contribution in [1.82, 2.24) is 10.2 Å². The zero-order valence-corrected chi connectivity index (χ0v) is 13.9. The molecule has 2 bridgehead atoms. The number of halogens is 3. The minimum atomic E-state index is 0. The molecule has 2 saturated heterocycles. The Balaban J connectivity index is 0.00000133. The third-order valence-electron chi connectivity index (χ3n) is 4.01. The normalized spacial score (nSPS) is 26.8. The third-order valence-corrected chi connectivity index (χ3v) is 4.87. The highest BCUT2D eigenvalue weighted by atomic mass is 79.9. The second-order valence-corrected chi connectivity index (χ2v) is 6.72. The molecule has 2 atom stereocenters. The molecular weight excluding hydrogens is 347 g/mol. The SMILES string of the molecule is Cl.Clc1ccc(Br)cc1CN1CCC2CCC(C1)N2. The minimum Gasteiger partial charge on any atom is -0.310 e. The van der Waals surface area contributed by atoms with Gasteiger partial charge in [-0.3, -0.25) is 4.90 Å².